The quantitative estimate of drug-likeness (QED) is 0.571. The van der Waals surface area contributed by atoms with Crippen LogP contribution in [0.3, 0.4) is 0 Å². The highest BCUT2D eigenvalue weighted by Gasteiger charge is 2.19. The average molecular weight is 322 g/mol. The number of carbonyl (C=O) groups is 2. The molecular formula is C20H22N2O2. The van der Waals surface area contributed by atoms with Crippen LogP contribution in [-0.4, -0.2) is 11.7 Å². The molecule has 2 N–H and O–H groups in total. The predicted octanol–water partition coefficient (Wildman–Crippen LogP) is 5.15. The van der Waals surface area contributed by atoms with Crippen LogP contribution in [0.5, 0.6) is 0 Å². The molecule has 2 aromatic rings. The largest absolute Gasteiger partial charge is 0.353 e. The van der Waals surface area contributed by atoms with Crippen molar-refractivity contribution in [3.63, 3.8) is 0 Å². The standard InChI is InChI=1S/C20H22N2O2/c1-2-3-4-5-10-19(23)14-11-12-17-18(13-14)22-20(24)15-8-6-7-9-16(15)21-17/h6-9,11-13,21H,2-5,10H2,1H3,(H,22,24). The third-order valence-corrected chi connectivity index (χ3v) is 4.29. The Kier molecular flexibility index (Phi) is 4.94. The van der Waals surface area contributed by atoms with Crippen LogP contribution < -0.4 is 10.6 Å². The first-order valence-corrected chi connectivity index (χ1v) is 8.53. The van der Waals surface area contributed by atoms with Crippen molar-refractivity contribution >= 4 is 28.8 Å². The molecule has 0 radical (unpaired) electrons. The summed E-state index contributed by atoms with van der Waals surface area (Å²) in [6.07, 6.45) is 4.88. The van der Waals surface area contributed by atoms with Gasteiger partial charge in [0.2, 0.25) is 0 Å². The van der Waals surface area contributed by atoms with E-state index < -0.39 is 0 Å². The molecule has 4 heteroatoms. The first-order valence-electron chi connectivity index (χ1n) is 8.53. The van der Waals surface area contributed by atoms with E-state index in [1.807, 2.05) is 30.3 Å². The number of nitrogens with one attached hydrogen (secondary N) is 2. The second-order valence-electron chi connectivity index (χ2n) is 6.12. The summed E-state index contributed by atoms with van der Waals surface area (Å²) in [5, 5.41) is 6.16. The van der Waals surface area contributed by atoms with E-state index in [4.69, 9.17) is 0 Å². The number of carbonyl (C=O) groups excluding carboxylic acids is 2. The van der Waals surface area contributed by atoms with Crippen LogP contribution in [0.15, 0.2) is 42.5 Å². The Hall–Kier alpha value is -2.62. The van der Waals surface area contributed by atoms with Crippen LogP contribution >= 0.6 is 0 Å². The molecule has 24 heavy (non-hydrogen) atoms. The SMILES string of the molecule is CCCCCCC(=O)c1ccc2c(c1)NC(=O)c1ccccc1N2. The second kappa shape index (κ2) is 7.30. The molecule has 2 aromatic carbocycles. The Labute approximate surface area is 142 Å². The molecule has 1 amide bonds. The fourth-order valence-electron chi connectivity index (χ4n) is 2.91. The van der Waals surface area contributed by atoms with Crippen LogP contribution in [0.1, 0.15) is 59.7 Å². The van der Waals surface area contributed by atoms with E-state index in [-0.39, 0.29) is 11.7 Å². The number of unbranched alkanes of at least 4 members (excludes halogenated alkanes) is 3. The van der Waals surface area contributed by atoms with Crippen LogP contribution in [0.25, 0.3) is 0 Å². The highest BCUT2D eigenvalue weighted by Crippen LogP contribution is 2.32. The summed E-state index contributed by atoms with van der Waals surface area (Å²) < 4.78 is 0. The van der Waals surface area contributed by atoms with Gasteiger partial charge in [0.25, 0.3) is 5.91 Å². The van der Waals surface area contributed by atoms with E-state index in [0.717, 1.165) is 37.1 Å². The minimum atomic E-state index is -0.163. The minimum absolute atomic E-state index is 0.130. The molecule has 1 heterocycles. The van der Waals surface area contributed by atoms with Gasteiger partial charge >= 0.3 is 0 Å². The summed E-state index contributed by atoms with van der Waals surface area (Å²) in [6, 6.07) is 12.8. The second-order valence-corrected chi connectivity index (χ2v) is 6.12. The van der Waals surface area contributed by atoms with Gasteiger partial charge in [-0.2, -0.15) is 0 Å². The lowest BCUT2D eigenvalue weighted by molar-refractivity contribution is 0.0977. The number of anilines is 3. The summed E-state index contributed by atoms with van der Waals surface area (Å²) in [6.45, 7) is 2.15. The van der Waals surface area contributed by atoms with Crippen molar-refractivity contribution in [3.8, 4) is 0 Å². The zero-order valence-corrected chi connectivity index (χ0v) is 13.9. The average Bonchev–Trinajstić information content (AvgIpc) is 2.74. The van der Waals surface area contributed by atoms with E-state index in [9.17, 15) is 9.59 Å². The lowest BCUT2D eigenvalue weighted by Gasteiger charge is -2.10. The van der Waals surface area contributed by atoms with Gasteiger partial charge in [0.1, 0.15) is 0 Å². The summed E-state index contributed by atoms with van der Waals surface area (Å²) in [7, 11) is 0. The number of para-hydroxylation sites is 1. The molecule has 124 valence electrons. The van der Waals surface area contributed by atoms with Crippen molar-refractivity contribution in [2.75, 3.05) is 10.6 Å². The topological polar surface area (TPSA) is 58.2 Å². The highest BCUT2D eigenvalue weighted by atomic mass is 16.1. The molecule has 0 aliphatic carbocycles. The van der Waals surface area contributed by atoms with Crippen molar-refractivity contribution < 1.29 is 9.59 Å². The first-order chi connectivity index (χ1) is 11.7. The molecule has 1 aliphatic heterocycles. The lowest BCUT2D eigenvalue weighted by Crippen LogP contribution is -2.11. The Morgan fingerprint density at radius 2 is 1.75 bits per heavy atom. The van der Waals surface area contributed by atoms with E-state index in [1.165, 1.54) is 0 Å². The molecule has 3 rings (SSSR count). The summed E-state index contributed by atoms with van der Waals surface area (Å²) in [5.74, 6) is -0.0330. The Morgan fingerprint density at radius 1 is 0.917 bits per heavy atom. The van der Waals surface area contributed by atoms with Gasteiger partial charge in [0.05, 0.1) is 22.6 Å². The number of rotatable bonds is 6. The monoisotopic (exact) mass is 322 g/mol. The molecule has 1 aliphatic rings. The molecule has 0 unspecified atom stereocenters. The molecule has 0 bridgehead atoms. The molecule has 0 fully saturated rings. The number of benzene rings is 2. The van der Waals surface area contributed by atoms with E-state index >= 15 is 0 Å². The maximum atomic E-state index is 12.4. The third kappa shape index (κ3) is 3.48. The van der Waals surface area contributed by atoms with Crippen molar-refractivity contribution in [3.05, 3.63) is 53.6 Å². The van der Waals surface area contributed by atoms with Crippen molar-refractivity contribution in [1.82, 2.24) is 0 Å². The number of fused-ring (bicyclic) bond motifs is 2. The van der Waals surface area contributed by atoms with Gasteiger partial charge in [0.15, 0.2) is 5.78 Å². The Balaban J connectivity index is 1.79. The van der Waals surface area contributed by atoms with Gasteiger partial charge < -0.3 is 10.6 Å². The molecule has 0 spiro atoms. The zero-order chi connectivity index (χ0) is 16.9. The number of Topliss-reactive ketones (excluding diaryl/α,β-unsaturated/α-hetero) is 1. The summed E-state index contributed by atoms with van der Waals surface area (Å²) in [4.78, 5) is 24.7. The molecule has 0 saturated heterocycles. The lowest BCUT2D eigenvalue weighted by atomic mass is 10.0. The van der Waals surface area contributed by atoms with Crippen LogP contribution in [-0.2, 0) is 0 Å². The summed E-state index contributed by atoms with van der Waals surface area (Å²) in [5.41, 5.74) is 3.47. The van der Waals surface area contributed by atoms with Gasteiger partial charge in [-0.3, -0.25) is 9.59 Å². The zero-order valence-electron chi connectivity index (χ0n) is 13.9. The van der Waals surface area contributed by atoms with Crippen LogP contribution in [0, 0.1) is 0 Å². The fraction of sp³-hybridized carbons (Fsp3) is 0.300. The van der Waals surface area contributed by atoms with E-state index in [0.29, 0.717) is 23.2 Å². The summed E-state index contributed by atoms with van der Waals surface area (Å²) >= 11 is 0. The number of amides is 1. The molecule has 4 nitrogen and oxygen atoms in total. The van der Waals surface area contributed by atoms with Crippen molar-refractivity contribution in [1.29, 1.82) is 0 Å². The van der Waals surface area contributed by atoms with Gasteiger partial charge in [-0.05, 0) is 36.8 Å². The smallest absolute Gasteiger partial charge is 0.257 e. The van der Waals surface area contributed by atoms with Crippen LogP contribution in [0.2, 0.25) is 0 Å². The highest BCUT2D eigenvalue weighted by molar-refractivity contribution is 6.12. The van der Waals surface area contributed by atoms with Gasteiger partial charge in [0, 0.05) is 12.0 Å². The van der Waals surface area contributed by atoms with Gasteiger partial charge in [-0.1, -0.05) is 38.3 Å². The fourth-order valence-corrected chi connectivity index (χ4v) is 2.91. The number of hydrogen-bond donors (Lipinski definition) is 2. The molecule has 0 aromatic heterocycles. The van der Waals surface area contributed by atoms with Gasteiger partial charge in [-0.25, -0.2) is 0 Å². The maximum absolute atomic E-state index is 12.4. The van der Waals surface area contributed by atoms with Crippen molar-refractivity contribution in [2.45, 2.75) is 39.0 Å². The van der Waals surface area contributed by atoms with E-state index in [1.54, 1.807) is 12.1 Å². The Bertz CT molecular complexity index is 768. The maximum Gasteiger partial charge on any atom is 0.257 e. The number of hydrogen-bond acceptors (Lipinski definition) is 3. The molecule has 0 saturated carbocycles. The third-order valence-electron chi connectivity index (χ3n) is 4.29. The Morgan fingerprint density at radius 3 is 2.58 bits per heavy atom. The van der Waals surface area contributed by atoms with Crippen LogP contribution in [0.4, 0.5) is 17.1 Å². The molecule has 0 atom stereocenters. The number of ketones is 1. The predicted molar refractivity (Wildman–Crippen MR) is 97.2 cm³/mol. The minimum Gasteiger partial charge on any atom is -0.353 e. The van der Waals surface area contributed by atoms with E-state index in [2.05, 4.69) is 17.6 Å². The van der Waals surface area contributed by atoms with Crippen molar-refractivity contribution in [2.24, 2.45) is 0 Å². The van der Waals surface area contributed by atoms with Gasteiger partial charge in [-0.15, -0.1) is 0 Å². The normalized spacial score (nSPS) is 12.5. The molecular weight excluding hydrogens is 300 g/mol. The first kappa shape index (κ1) is 16.2.